The molecule has 1 fully saturated rings. The van der Waals surface area contributed by atoms with Crippen LogP contribution in [0, 0.1) is 6.92 Å². The number of benzene rings is 2. The van der Waals surface area contributed by atoms with Gasteiger partial charge in [0.25, 0.3) is 5.91 Å². The number of anilines is 1. The molecule has 1 atom stereocenters. The molecule has 2 heterocycles. The molecule has 6 heteroatoms. The van der Waals surface area contributed by atoms with E-state index in [1.165, 1.54) is 23.8 Å². The van der Waals surface area contributed by atoms with Gasteiger partial charge in [0.2, 0.25) is 0 Å². The number of hydrogen-bond acceptors (Lipinski definition) is 5. The number of carbonyl (C=O) groups excluding carboxylic acids is 2. The lowest BCUT2D eigenvalue weighted by molar-refractivity contribution is 0.0916. The zero-order valence-electron chi connectivity index (χ0n) is 16.0. The third-order valence-electron chi connectivity index (χ3n) is 4.96. The summed E-state index contributed by atoms with van der Waals surface area (Å²) in [7, 11) is 0. The zero-order valence-corrected chi connectivity index (χ0v) is 16.8. The van der Waals surface area contributed by atoms with Gasteiger partial charge in [0, 0.05) is 17.7 Å². The van der Waals surface area contributed by atoms with E-state index < -0.39 is 0 Å². The van der Waals surface area contributed by atoms with Crippen LogP contribution in [0.5, 0.6) is 0 Å². The van der Waals surface area contributed by atoms with Crippen molar-refractivity contribution in [1.82, 2.24) is 4.98 Å². The molecule has 0 N–H and O–H groups in total. The summed E-state index contributed by atoms with van der Waals surface area (Å²) >= 11 is 1.52. The van der Waals surface area contributed by atoms with Crippen LogP contribution in [-0.2, 0) is 4.74 Å². The normalized spacial score (nSPS) is 16.4. The van der Waals surface area contributed by atoms with Crippen LogP contribution in [0.25, 0.3) is 10.2 Å². The molecule has 1 aromatic heterocycles. The Bertz CT molecular complexity index is 1020. The molecule has 4 rings (SSSR count). The molecular formula is C22H22N2O3S. The zero-order chi connectivity index (χ0) is 19.7. The second-order valence-corrected chi connectivity index (χ2v) is 8.16. The Kier molecular flexibility index (Phi) is 5.24. The van der Waals surface area contributed by atoms with Crippen LogP contribution in [-0.4, -0.2) is 35.9 Å². The van der Waals surface area contributed by atoms with Crippen molar-refractivity contribution in [2.45, 2.75) is 32.8 Å². The number of ether oxygens (including phenoxy) is 1. The van der Waals surface area contributed by atoms with Gasteiger partial charge in [-0.25, -0.2) is 4.98 Å². The van der Waals surface area contributed by atoms with Gasteiger partial charge in [-0.05, 0) is 56.5 Å². The molecule has 0 saturated carbocycles. The number of aryl methyl sites for hydroxylation is 1. The second kappa shape index (κ2) is 7.81. The van der Waals surface area contributed by atoms with E-state index in [1.807, 2.05) is 19.1 Å². The molecule has 0 aliphatic carbocycles. The largest absolute Gasteiger partial charge is 0.376 e. The lowest BCUT2D eigenvalue weighted by atomic mass is 10.1. The monoisotopic (exact) mass is 394 g/mol. The number of amides is 1. The summed E-state index contributed by atoms with van der Waals surface area (Å²) in [6.45, 7) is 4.78. The molecule has 28 heavy (non-hydrogen) atoms. The van der Waals surface area contributed by atoms with Crippen molar-refractivity contribution < 1.29 is 14.3 Å². The van der Waals surface area contributed by atoms with E-state index in [9.17, 15) is 9.59 Å². The molecule has 1 aliphatic rings. The Morgan fingerprint density at radius 2 is 1.93 bits per heavy atom. The molecule has 1 amide bonds. The quantitative estimate of drug-likeness (QED) is 0.592. The molecule has 1 unspecified atom stereocenters. The minimum atomic E-state index is -0.124. The fraction of sp³-hybridized carbons (Fsp3) is 0.318. The molecule has 1 aliphatic heterocycles. The van der Waals surface area contributed by atoms with Gasteiger partial charge in [0.05, 0.1) is 22.9 Å². The van der Waals surface area contributed by atoms with E-state index in [4.69, 9.17) is 9.72 Å². The maximum Gasteiger partial charge on any atom is 0.260 e. The van der Waals surface area contributed by atoms with Crippen molar-refractivity contribution in [3.8, 4) is 0 Å². The van der Waals surface area contributed by atoms with Gasteiger partial charge in [-0.15, -0.1) is 0 Å². The fourth-order valence-corrected chi connectivity index (χ4v) is 4.45. The van der Waals surface area contributed by atoms with Crippen LogP contribution in [0.1, 0.15) is 46.0 Å². The minimum Gasteiger partial charge on any atom is -0.376 e. The van der Waals surface area contributed by atoms with Crippen LogP contribution in [0.3, 0.4) is 0 Å². The molecule has 2 aromatic carbocycles. The van der Waals surface area contributed by atoms with Gasteiger partial charge >= 0.3 is 0 Å². The molecule has 144 valence electrons. The summed E-state index contributed by atoms with van der Waals surface area (Å²) in [5.74, 6) is -0.141. The first-order valence-corrected chi connectivity index (χ1v) is 10.2. The first-order chi connectivity index (χ1) is 13.5. The van der Waals surface area contributed by atoms with Crippen molar-refractivity contribution in [3.05, 3.63) is 59.2 Å². The van der Waals surface area contributed by atoms with Crippen molar-refractivity contribution in [3.63, 3.8) is 0 Å². The summed E-state index contributed by atoms with van der Waals surface area (Å²) in [4.78, 5) is 31.3. The Labute approximate surface area is 168 Å². The molecule has 0 spiro atoms. The van der Waals surface area contributed by atoms with Gasteiger partial charge in [-0.2, -0.15) is 0 Å². The van der Waals surface area contributed by atoms with E-state index in [1.54, 1.807) is 29.2 Å². The Morgan fingerprint density at radius 1 is 1.18 bits per heavy atom. The number of Topliss-reactive ketones (excluding diaryl/α,β-unsaturated/α-hetero) is 1. The van der Waals surface area contributed by atoms with Gasteiger partial charge in [0.15, 0.2) is 10.9 Å². The van der Waals surface area contributed by atoms with Gasteiger partial charge in [0.1, 0.15) is 0 Å². The molecule has 0 bridgehead atoms. The lowest BCUT2D eigenvalue weighted by Gasteiger charge is -2.23. The maximum atomic E-state index is 13.3. The number of nitrogens with zero attached hydrogens (tertiary/aromatic N) is 2. The average molecular weight is 394 g/mol. The van der Waals surface area contributed by atoms with E-state index in [2.05, 4.69) is 6.07 Å². The van der Waals surface area contributed by atoms with Crippen LogP contribution in [0.2, 0.25) is 0 Å². The average Bonchev–Trinajstić information content (AvgIpc) is 3.34. The lowest BCUT2D eigenvalue weighted by Crippen LogP contribution is -2.37. The van der Waals surface area contributed by atoms with Crippen LogP contribution in [0.4, 0.5) is 5.13 Å². The first-order valence-electron chi connectivity index (χ1n) is 9.43. The van der Waals surface area contributed by atoms with Crippen LogP contribution in [0.15, 0.2) is 42.5 Å². The van der Waals surface area contributed by atoms with Crippen LogP contribution >= 0.6 is 11.3 Å². The molecule has 0 radical (unpaired) electrons. The molecule has 5 nitrogen and oxygen atoms in total. The number of aromatic nitrogens is 1. The maximum absolute atomic E-state index is 13.3. The van der Waals surface area contributed by atoms with E-state index in [0.29, 0.717) is 22.8 Å². The second-order valence-electron chi connectivity index (χ2n) is 7.15. The third-order valence-corrected chi connectivity index (χ3v) is 6.00. The van der Waals surface area contributed by atoms with E-state index >= 15 is 0 Å². The Morgan fingerprint density at radius 3 is 2.61 bits per heavy atom. The van der Waals surface area contributed by atoms with Crippen LogP contribution < -0.4 is 4.90 Å². The fourth-order valence-electron chi connectivity index (χ4n) is 3.38. The summed E-state index contributed by atoms with van der Waals surface area (Å²) < 4.78 is 6.84. The molecule has 1 saturated heterocycles. The van der Waals surface area contributed by atoms with Crippen molar-refractivity contribution in [2.24, 2.45) is 0 Å². The Balaban J connectivity index is 1.69. The summed E-state index contributed by atoms with van der Waals surface area (Å²) in [5, 5.41) is 0.678. The number of hydrogen-bond donors (Lipinski definition) is 0. The topological polar surface area (TPSA) is 59.5 Å². The number of rotatable bonds is 5. The van der Waals surface area contributed by atoms with Gasteiger partial charge < -0.3 is 4.74 Å². The van der Waals surface area contributed by atoms with Gasteiger partial charge in [-0.3, -0.25) is 14.5 Å². The number of fused-ring (bicyclic) bond motifs is 1. The highest BCUT2D eigenvalue weighted by molar-refractivity contribution is 7.22. The standard InChI is InChI=1S/C22H22N2O3S/c1-14-5-10-19-20(12-14)28-22(23-19)24(13-18-4-3-11-27-18)21(26)17-8-6-16(7-9-17)15(2)25/h5-10,12,18H,3-4,11,13H2,1-2H3. The first kappa shape index (κ1) is 18.8. The van der Waals surface area contributed by atoms with E-state index in [0.717, 1.165) is 29.7 Å². The van der Waals surface area contributed by atoms with E-state index in [-0.39, 0.29) is 17.8 Å². The van der Waals surface area contributed by atoms with Gasteiger partial charge in [-0.1, -0.05) is 29.5 Å². The number of thiazole rings is 1. The predicted molar refractivity (Wildman–Crippen MR) is 111 cm³/mol. The summed E-state index contributed by atoms with van der Waals surface area (Å²) in [6.07, 6.45) is 1.98. The third kappa shape index (κ3) is 3.84. The molecular weight excluding hydrogens is 372 g/mol. The highest BCUT2D eigenvalue weighted by Crippen LogP contribution is 2.31. The predicted octanol–water partition coefficient (Wildman–Crippen LogP) is 4.63. The minimum absolute atomic E-state index is 0.0169. The summed E-state index contributed by atoms with van der Waals surface area (Å²) in [5.41, 5.74) is 3.19. The number of ketones is 1. The highest BCUT2D eigenvalue weighted by atomic mass is 32.1. The number of carbonyl (C=O) groups is 2. The molecule has 3 aromatic rings. The Hall–Kier alpha value is -2.57. The summed E-state index contributed by atoms with van der Waals surface area (Å²) in [6, 6.07) is 12.9. The highest BCUT2D eigenvalue weighted by Gasteiger charge is 2.27. The van der Waals surface area contributed by atoms with Crippen molar-refractivity contribution in [2.75, 3.05) is 18.1 Å². The van der Waals surface area contributed by atoms with Crippen molar-refractivity contribution in [1.29, 1.82) is 0 Å². The van der Waals surface area contributed by atoms with Crippen molar-refractivity contribution >= 4 is 38.4 Å². The SMILES string of the molecule is CC(=O)c1ccc(C(=O)N(CC2CCCO2)c2nc3ccc(C)cc3s2)cc1. The smallest absolute Gasteiger partial charge is 0.260 e.